The largest absolute Gasteiger partial charge is 0.335 e. The molecule has 1 amide bonds. The van der Waals surface area contributed by atoms with E-state index in [-0.39, 0.29) is 23.7 Å². The van der Waals surface area contributed by atoms with Crippen molar-refractivity contribution < 1.29 is 9.59 Å². The van der Waals surface area contributed by atoms with E-state index in [9.17, 15) is 9.59 Å². The summed E-state index contributed by atoms with van der Waals surface area (Å²) in [5, 5.41) is 0. The fourth-order valence-corrected chi connectivity index (χ4v) is 2.65. The lowest BCUT2D eigenvalue weighted by Crippen LogP contribution is -2.32. The molecule has 1 aliphatic rings. The number of rotatable bonds is 3. The van der Waals surface area contributed by atoms with Crippen LogP contribution in [0.25, 0.3) is 0 Å². The number of Topliss-reactive ketones (excluding diaryl/α,β-unsaturated/α-hetero) is 1. The second-order valence-electron chi connectivity index (χ2n) is 6.78. The highest BCUT2D eigenvalue weighted by atomic mass is 16.2. The van der Waals surface area contributed by atoms with Gasteiger partial charge in [-0.25, -0.2) is 0 Å². The first-order chi connectivity index (χ1) is 9.29. The molecular weight excluding hydrogens is 250 g/mol. The van der Waals surface area contributed by atoms with Gasteiger partial charge in [-0.05, 0) is 23.8 Å². The first-order valence-corrected chi connectivity index (χ1v) is 7.15. The Kier molecular flexibility index (Phi) is 3.98. The molecule has 0 spiro atoms. The van der Waals surface area contributed by atoms with Crippen LogP contribution in [0.1, 0.15) is 43.1 Å². The van der Waals surface area contributed by atoms with Crippen LogP contribution in [0.3, 0.4) is 0 Å². The van der Waals surface area contributed by atoms with Crippen LogP contribution in [0.15, 0.2) is 24.3 Å². The number of likely N-dealkylation sites (tertiary alicyclic amines) is 1. The van der Waals surface area contributed by atoms with Crippen LogP contribution in [0.4, 0.5) is 0 Å². The Morgan fingerprint density at radius 2 is 1.95 bits per heavy atom. The molecule has 2 rings (SSSR count). The fraction of sp³-hybridized carbons (Fsp3) is 0.529. The van der Waals surface area contributed by atoms with Crippen molar-refractivity contribution in [3.05, 3.63) is 35.4 Å². The molecule has 1 fully saturated rings. The number of aryl methyl sites for hydroxylation is 1. The van der Waals surface area contributed by atoms with Crippen molar-refractivity contribution in [1.82, 2.24) is 4.90 Å². The Bertz CT molecular complexity index is 528. The highest BCUT2D eigenvalue weighted by molar-refractivity contribution is 6.00. The topological polar surface area (TPSA) is 37.4 Å². The van der Waals surface area contributed by atoms with E-state index in [1.807, 2.05) is 31.2 Å². The molecule has 0 radical (unpaired) electrons. The minimum atomic E-state index is 0.0333. The van der Waals surface area contributed by atoms with Gasteiger partial charge in [-0.1, -0.05) is 45.0 Å². The van der Waals surface area contributed by atoms with Gasteiger partial charge in [-0.2, -0.15) is 0 Å². The van der Waals surface area contributed by atoms with Gasteiger partial charge < -0.3 is 4.90 Å². The third kappa shape index (κ3) is 3.09. The molecule has 20 heavy (non-hydrogen) atoms. The van der Waals surface area contributed by atoms with E-state index in [4.69, 9.17) is 0 Å². The molecule has 0 bridgehead atoms. The summed E-state index contributed by atoms with van der Waals surface area (Å²) >= 11 is 0. The Labute approximate surface area is 121 Å². The summed E-state index contributed by atoms with van der Waals surface area (Å²) in [6.45, 7) is 9.28. The van der Waals surface area contributed by atoms with Gasteiger partial charge in [0.15, 0.2) is 5.78 Å². The number of carbonyl (C=O) groups excluding carboxylic acids is 2. The number of ketones is 1. The SMILES string of the molecule is Cc1ccccc1C(=O)CN1CC(C(C)(C)C)CC1=O. The van der Waals surface area contributed by atoms with E-state index >= 15 is 0 Å². The number of hydrogen-bond acceptors (Lipinski definition) is 2. The van der Waals surface area contributed by atoms with Crippen LogP contribution in [0.5, 0.6) is 0 Å². The molecule has 3 heteroatoms. The minimum absolute atomic E-state index is 0.0333. The van der Waals surface area contributed by atoms with Crippen LogP contribution < -0.4 is 0 Å². The van der Waals surface area contributed by atoms with E-state index in [1.165, 1.54) is 0 Å². The molecule has 0 saturated carbocycles. The van der Waals surface area contributed by atoms with E-state index in [2.05, 4.69) is 20.8 Å². The first kappa shape index (κ1) is 14.8. The van der Waals surface area contributed by atoms with Crippen LogP contribution >= 0.6 is 0 Å². The Balaban J connectivity index is 2.06. The summed E-state index contributed by atoms with van der Waals surface area (Å²) in [7, 11) is 0. The average Bonchev–Trinajstić information content (AvgIpc) is 2.71. The lowest BCUT2D eigenvalue weighted by molar-refractivity contribution is -0.127. The molecule has 1 aromatic rings. The van der Waals surface area contributed by atoms with Gasteiger partial charge in [0.1, 0.15) is 0 Å². The maximum absolute atomic E-state index is 12.3. The van der Waals surface area contributed by atoms with E-state index in [1.54, 1.807) is 4.90 Å². The lowest BCUT2D eigenvalue weighted by Gasteiger charge is -2.26. The summed E-state index contributed by atoms with van der Waals surface area (Å²) in [4.78, 5) is 26.1. The highest BCUT2D eigenvalue weighted by Crippen LogP contribution is 2.34. The lowest BCUT2D eigenvalue weighted by atomic mass is 9.80. The molecule has 1 atom stereocenters. The molecule has 0 aliphatic carbocycles. The molecule has 1 aromatic carbocycles. The van der Waals surface area contributed by atoms with Gasteiger partial charge in [-0.3, -0.25) is 9.59 Å². The Morgan fingerprint density at radius 3 is 2.50 bits per heavy atom. The Hall–Kier alpha value is -1.64. The second-order valence-corrected chi connectivity index (χ2v) is 6.78. The maximum Gasteiger partial charge on any atom is 0.223 e. The zero-order chi connectivity index (χ0) is 14.9. The highest BCUT2D eigenvalue weighted by Gasteiger charge is 2.37. The number of carbonyl (C=O) groups is 2. The van der Waals surface area contributed by atoms with E-state index in [0.717, 1.165) is 11.1 Å². The molecule has 1 saturated heterocycles. The monoisotopic (exact) mass is 273 g/mol. The Morgan fingerprint density at radius 1 is 1.30 bits per heavy atom. The third-order valence-electron chi connectivity index (χ3n) is 4.22. The number of hydrogen-bond donors (Lipinski definition) is 0. The maximum atomic E-state index is 12.3. The van der Waals surface area contributed by atoms with Gasteiger partial charge in [0.25, 0.3) is 0 Å². The van der Waals surface area contributed by atoms with E-state index < -0.39 is 0 Å². The normalized spacial score (nSPS) is 19.5. The van der Waals surface area contributed by atoms with E-state index in [0.29, 0.717) is 18.9 Å². The number of benzene rings is 1. The molecule has 1 heterocycles. The van der Waals surface area contributed by atoms with Gasteiger partial charge in [-0.15, -0.1) is 0 Å². The van der Waals surface area contributed by atoms with Crippen LogP contribution in [-0.2, 0) is 4.79 Å². The fourth-order valence-electron chi connectivity index (χ4n) is 2.65. The van der Waals surface area contributed by atoms with Crippen molar-refractivity contribution in [3.8, 4) is 0 Å². The predicted octanol–water partition coefficient (Wildman–Crippen LogP) is 3.07. The minimum Gasteiger partial charge on any atom is -0.335 e. The quantitative estimate of drug-likeness (QED) is 0.794. The van der Waals surface area contributed by atoms with Gasteiger partial charge in [0.2, 0.25) is 5.91 Å². The van der Waals surface area contributed by atoms with Crippen molar-refractivity contribution in [3.63, 3.8) is 0 Å². The molecule has 0 aromatic heterocycles. The molecule has 1 aliphatic heterocycles. The number of amides is 1. The second kappa shape index (κ2) is 5.39. The van der Waals surface area contributed by atoms with Crippen molar-refractivity contribution in [2.75, 3.05) is 13.1 Å². The van der Waals surface area contributed by atoms with Crippen molar-refractivity contribution in [1.29, 1.82) is 0 Å². The smallest absolute Gasteiger partial charge is 0.223 e. The standard InChI is InChI=1S/C17H23NO2/c1-12-7-5-6-8-14(12)15(19)11-18-10-13(9-16(18)20)17(2,3)4/h5-8,13H,9-11H2,1-4H3. The predicted molar refractivity (Wildman–Crippen MR) is 79.7 cm³/mol. The van der Waals surface area contributed by atoms with Gasteiger partial charge >= 0.3 is 0 Å². The zero-order valence-corrected chi connectivity index (χ0v) is 12.8. The average molecular weight is 273 g/mol. The molecular formula is C17H23NO2. The first-order valence-electron chi connectivity index (χ1n) is 7.15. The summed E-state index contributed by atoms with van der Waals surface area (Å²) in [5.41, 5.74) is 1.80. The summed E-state index contributed by atoms with van der Waals surface area (Å²) in [6.07, 6.45) is 0.560. The number of nitrogens with zero attached hydrogens (tertiary/aromatic N) is 1. The molecule has 1 unspecified atom stereocenters. The van der Waals surface area contributed by atoms with Gasteiger partial charge in [0, 0.05) is 18.5 Å². The summed E-state index contributed by atoms with van der Waals surface area (Å²) < 4.78 is 0. The summed E-state index contributed by atoms with van der Waals surface area (Å²) in [6, 6.07) is 7.54. The zero-order valence-electron chi connectivity index (χ0n) is 12.8. The third-order valence-corrected chi connectivity index (χ3v) is 4.22. The van der Waals surface area contributed by atoms with Gasteiger partial charge in [0.05, 0.1) is 6.54 Å². The molecule has 0 N–H and O–H groups in total. The molecule has 108 valence electrons. The van der Waals surface area contributed by atoms with Crippen LogP contribution in [-0.4, -0.2) is 29.7 Å². The van der Waals surface area contributed by atoms with Crippen molar-refractivity contribution in [2.24, 2.45) is 11.3 Å². The van der Waals surface area contributed by atoms with Crippen LogP contribution in [0.2, 0.25) is 0 Å². The van der Waals surface area contributed by atoms with Crippen LogP contribution in [0, 0.1) is 18.3 Å². The molecule has 3 nitrogen and oxygen atoms in total. The van der Waals surface area contributed by atoms with Crippen molar-refractivity contribution >= 4 is 11.7 Å². The summed E-state index contributed by atoms with van der Waals surface area (Å²) in [5.74, 6) is 0.470. The van der Waals surface area contributed by atoms with Crippen molar-refractivity contribution in [2.45, 2.75) is 34.1 Å².